The van der Waals surface area contributed by atoms with Gasteiger partial charge in [-0.25, -0.2) is 9.80 Å². The van der Waals surface area contributed by atoms with Crippen LogP contribution in [0.1, 0.15) is 41.7 Å². The second kappa shape index (κ2) is 10.5. The Morgan fingerprint density at radius 1 is 1.06 bits per heavy atom. The number of hydrogen-bond donors (Lipinski definition) is 2. The van der Waals surface area contributed by atoms with Crippen molar-refractivity contribution in [3.63, 3.8) is 0 Å². The molecule has 1 saturated heterocycles. The Morgan fingerprint density at radius 3 is 2.45 bits per heavy atom. The van der Waals surface area contributed by atoms with Crippen LogP contribution in [0.3, 0.4) is 0 Å². The molecule has 0 aromatic heterocycles. The molecular formula is C23H25N3O7. The predicted octanol–water partition coefficient (Wildman–Crippen LogP) is 1.90. The highest BCUT2D eigenvalue weighted by atomic mass is 16.5. The fourth-order valence-corrected chi connectivity index (χ4v) is 3.28. The molecule has 1 atom stereocenters. The number of nitrogens with one attached hydrogen (secondary N) is 2. The van der Waals surface area contributed by atoms with E-state index in [-0.39, 0.29) is 30.2 Å². The molecule has 3 rings (SSSR count). The van der Waals surface area contributed by atoms with Crippen molar-refractivity contribution in [2.75, 3.05) is 25.8 Å². The minimum Gasteiger partial charge on any atom is -0.497 e. The van der Waals surface area contributed by atoms with E-state index in [0.29, 0.717) is 22.7 Å². The molecule has 174 valence electrons. The first-order valence-corrected chi connectivity index (χ1v) is 10.2. The van der Waals surface area contributed by atoms with E-state index in [1.165, 1.54) is 31.4 Å². The van der Waals surface area contributed by atoms with E-state index < -0.39 is 24.5 Å². The molecule has 0 bridgehead atoms. The zero-order valence-corrected chi connectivity index (χ0v) is 18.5. The number of amides is 3. The van der Waals surface area contributed by atoms with E-state index in [1.807, 2.05) is 0 Å². The first-order valence-electron chi connectivity index (χ1n) is 10.2. The van der Waals surface area contributed by atoms with Crippen molar-refractivity contribution in [1.29, 1.82) is 0 Å². The van der Waals surface area contributed by atoms with Crippen molar-refractivity contribution in [2.24, 2.45) is 0 Å². The van der Waals surface area contributed by atoms with Gasteiger partial charge in [-0.1, -0.05) is 0 Å². The van der Waals surface area contributed by atoms with Gasteiger partial charge >= 0.3 is 5.97 Å². The summed E-state index contributed by atoms with van der Waals surface area (Å²) in [7, 11) is 3.07. The second-order valence-electron chi connectivity index (χ2n) is 7.28. The monoisotopic (exact) mass is 455 g/mol. The van der Waals surface area contributed by atoms with Crippen molar-refractivity contribution < 1.29 is 33.4 Å². The molecule has 1 fully saturated rings. The number of hydrazine groups is 1. The van der Waals surface area contributed by atoms with Crippen LogP contribution in [0.25, 0.3) is 0 Å². The van der Waals surface area contributed by atoms with Gasteiger partial charge in [-0.05, 0) is 49.4 Å². The van der Waals surface area contributed by atoms with Crippen LogP contribution in [-0.4, -0.2) is 44.5 Å². The fraction of sp³-hybridized carbons (Fsp3) is 0.304. The van der Waals surface area contributed by atoms with Gasteiger partial charge in [0, 0.05) is 18.4 Å². The molecule has 33 heavy (non-hydrogen) atoms. The maximum Gasteiger partial charge on any atom is 0.338 e. The van der Waals surface area contributed by atoms with Crippen LogP contribution in [0.5, 0.6) is 11.5 Å². The van der Waals surface area contributed by atoms with Crippen molar-refractivity contribution in [3.05, 3.63) is 53.6 Å². The first kappa shape index (κ1) is 23.6. The van der Waals surface area contributed by atoms with Crippen molar-refractivity contribution in [2.45, 2.75) is 25.8 Å². The zero-order valence-electron chi connectivity index (χ0n) is 18.5. The molecule has 10 heteroatoms. The molecule has 1 aliphatic rings. The van der Waals surface area contributed by atoms with Gasteiger partial charge in [0.05, 0.1) is 31.5 Å². The van der Waals surface area contributed by atoms with E-state index in [2.05, 4.69) is 10.7 Å². The summed E-state index contributed by atoms with van der Waals surface area (Å²) in [6, 6.07) is 10.8. The SMILES string of the molecule is COc1ccc(OC)c(C(C)NC(=O)COC(=O)c2ccc(N3NC(=O)CCC3=O)cc2)c1. The Labute approximate surface area is 190 Å². The number of ether oxygens (including phenoxy) is 3. The molecule has 0 saturated carbocycles. The highest BCUT2D eigenvalue weighted by Crippen LogP contribution is 2.29. The Bertz CT molecular complexity index is 1050. The lowest BCUT2D eigenvalue weighted by Gasteiger charge is -2.27. The highest BCUT2D eigenvalue weighted by molar-refractivity contribution is 6.01. The molecule has 2 aromatic carbocycles. The average molecular weight is 455 g/mol. The van der Waals surface area contributed by atoms with E-state index in [4.69, 9.17) is 14.2 Å². The molecule has 0 aliphatic carbocycles. The first-order chi connectivity index (χ1) is 15.8. The number of benzene rings is 2. The van der Waals surface area contributed by atoms with Gasteiger partial charge in [-0.15, -0.1) is 0 Å². The van der Waals surface area contributed by atoms with Gasteiger partial charge in [0.1, 0.15) is 11.5 Å². The zero-order chi connectivity index (χ0) is 24.0. The van der Waals surface area contributed by atoms with Gasteiger partial charge in [0.2, 0.25) is 11.8 Å². The molecule has 0 radical (unpaired) electrons. The van der Waals surface area contributed by atoms with Crippen LogP contribution in [-0.2, 0) is 19.1 Å². The molecule has 1 aliphatic heterocycles. The number of anilines is 1. The molecule has 0 spiro atoms. The van der Waals surface area contributed by atoms with Crippen LogP contribution in [0.2, 0.25) is 0 Å². The summed E-state index contributed by atoms with van der Waals surface area (Å²) in [6.07, 6.45) is 0.260. The van der Waals surface area contributed by atoms with E-state index in [1.54, 1.807) is 32.2 Å². The Balaban J connectivity index is 1.55. The van der Waals surface area contributed by atoms with Gasteiger partial charge in [0.25, 0.3) is 5.91 Å². The topological polar surface area (TPSA) is 123 Å². The number of nitrogens with zero attached hydrogens (tertiary/aromatic N) is 1. The Kier molecular flexibility index (Phi) is 7.50. The highest BCUT2D eigenvalue weighted by Gasteiger charge is 2.24. The average Bonchev–Trinajstić information content (AvgIpc) is 2.83. The molecule has 3 amide bonds. The third-order valence-electron chi connectivity index (χ3n) is 5.03. The lowest BCUT2D eigenvalue weighted by Crippen LogP contribution is -2.50. The summed E-state index contributed by atoms with van der Waals surface area (Å²) < 4.78 is 15.6. The molecule has 1 heterocycles. The number of rotatable bonds is 8. The van der Waals surface area contributed by atoms with Gasteiger partial charge < -0.3 is 19.5 Å². The normalized spacial score (nSPS) is 14.2. The van der Waals surface area contributed by atoms with E-state index in [0.717, 1.165) is 5.01 Å². The molecule has 2 aromatic rings. The third kappa shape index (κ3) is 5.79. The Morgan fingerprint density at radius 2 is 1.79 bits per heavy atom. The van der Waals surface area contributed by atoms with Crippen molar-refractivity contribution >= 4 is 29.4 Å². The lowest BCUT2D eigenvalue weighted by molar-refractivity contribution is -0.130. The van der Waals surface area contributed by atoms with Gasteiger partial charge in [-0.2, -0.15) is 0 Å². The largest absolute Gasteiger partial charge is 0.497 e. The summed E-state index contributed by atoms with van der Waals surface area (Å²) in [5.41, 5.74) is 3.81. The van der Waals surface area contributed by atoms with Crippen LogP contribution in [0.15, 0.2) is 42.5 Å². The number of esters is 1. The van der Waals surface area contributed by atoms with Crippen LogP contribution in [0.4, 0.5) is 5.69 Å². The molecule has 10 nitrogen and oxygen atoms in total. The minimum atomic E-state index is -0.697. The summed E-state index contributed by atoms with van der Waals surface area (Å²) in [5, 5.41) is 3.90. The summed E-state index contributed by atoms with van der Waals surface area (Å²) in [6.45, 7) is 1.30. The fourth-order valence-electron chi connectivity index (χ4n) is 3.28. The van der Waals surface area contributed by atoms with Crippen molar-refractivity contribution in [3.8, 4) is 11.5 Å². The summed E-state index contributed by atoms with van der Waals surface area (Å²) >= 11 is 0. The smallest absolute Gasteiger partial charge is 0.338 e. The van der Waals surface area contributed by atoms with Gasteiger partial charge in [-0.3, -0.25) is 19.8 Å². The number of methoxy groups -OCH3 is 2. The summed E-state index contributed by atoms with van der Waals surface area (Å²) in [4.78, 5) is 48.1. The van der Waals surface area contributed by atoms with Crippen LogP contribution in [0, 0.1) is 0 Å². The Hall–Kier alpha value is -4.08. The maximum absolute atomic E-state index is 12.3. The minimum absolute atomic E-state index is 0.116. The predicted molar refractivity (Wildman–Crippen MR) is 118 cm³/mol. The molecular weight excluding hydrogens is 430 g/mol. The quantitative estimate of drug-likeness (QED) is 0.583. The second-order valence-corrected chi connectivity index (χ2v) is 7.28. The van der Waals surface area contributed by atoms with E-state index in [9.17, 15) is 19.2 Å². The van der Waals surface area contributed by atoms with Crippen LogP contribution < -0.4 is 25.2 Å². The molecule has 1 unspecified atom stereocenters. The van der Waals surface area contributed by atoms with Crippen molar-refractivity contribution in [1.82, 2.24) is 10.7 Å². The molecule has 2 N–H and O–H groups in total. The summed E-state index contributed by atoms with van der Waals surface area (Å²) in [5.74, 6) is -0.485. The number of carbonyl (C=O) groups is 4. The third-order valence-corrected chi connectivity index (χ3v) is 5.03. The lowest BCUT2D eigenvalue weighted by atomic mass is 10.1. The standard InChI is InChI=1S/C23H25N3O7/c1-14(18-12-17(31-2)8-9-19(18)32-3)24-21(28)13-33-23(30)15-4-6-16(7-5-15)26-22(29)11-10-20(27)25-26/h4-9,12,14H,10-11,13H2,1-3H3,(H,24,28)(H,25,27). The van der Waals surface area contributed by atoms with Gasteiger partial charge in [0.15, 0.2) is 6.61 Å². The maximum atomic E-state index is 12.3. The van der Waals surface area contributed by atoms with E-state index >= 15 is 0 Å². The number of hydrogen-bond acceptors (Lipinski definition) is 7. The number of carbonyl (C=O) groups excluding carboxylic acids is 4. The van der Waals surface area contributed by atoms with Crippen LogP contribution >= 0.6 is 0 Å².